The van der Waals surface area contributed by atoms with Crippen LogP contribution in [-0.4, -0.2) is 5.48 Å². The third kappa shape index (κ3) is 4.01. The number of hydrogen-bond donors (Lipinski definition) is 0. The third-order valence-corrected chi connectivity index (χ3v) is 0.607. The summed E-state index contributed by atoms with van der Waals surface area (Å²) in [6.07, 6.45) is 0. The fourth-order valence-electron chi connectivity index (χ4n) is 0.342. The zero-order chi connectivity index (χ0) is 4.24. The Morgan fingerprint density at radius 2 is 1.38 bits per heavy atom. The Kier molecular flexibility index (Phi) is 9.20. The van der Waals surface area contributed by atoms with Crippen LogP contribution < -0.4 is 0 Å². The Hall–Kier alpha value is -0.158. The monoisotopic (exact) mass is 200 g/mol. The predicted molar refractivity (Wildman–Crippen MR) is 27.2 cm³/mol. The molecular formula is C6H6OPd-. The summed E-state index contributed by atoms with van der Waals surface area (Å²) in [5.74, 6) is 0. The Morgan fingerprint density at radius 1 is 0.875 bits per heavy atom. The summed E-state index contributed by atoms with van der Waals surface area (Å²) in [5, 5.41) is 0. The summed E-state index contributed by atoms with van der Waals surface area (Å²) in [6.45, 7) is 0. The minimum Gasteiger partial charge on any atom is -0.870 e. The van der Waals surface area contributed by atoms with Crippen LogP contribution in [0, 0.1) is 6.07 Å². The van der Waals surface area contributed by atoms with Crippen molar-refractivity contribution in [2.45, 2.75) is 0 Å². The summed E-state index contributed by atoms with van der Waals surface area (Å²) >= 11 is 0. The third-order valence-electron chi connectivity index (χ3n) is 0.607. The van der Waals surface area contributed by atoms with Crippen molar-refractivity contribution >= 4 is 0 Å². The van der Waals surface area contributed by atoms with E-state index in [9.17, 15) is 0 Å². The molecule has 0 unspecified atom stereocenters. The molecule has 1 N–H and O–H groups in total. The fourth-order valence-corrected chi connectivity index (χ4v) is 0.342. The zero-order valence-corrected chi connectivity index (χ0v) is 5.70. The molecule has 2 heteroatoms. The number of benzene rings is 1. The molecule has 1 nitrogen and oxygen atoms in total. The first kappa shape index (κ1) is 10.8. The van der Waals surface area contributed by atoms with Gasteiger partial charge in [0.2, 0.25) is 0 Å². The second-order valence-electron chi connectivity index (χ2n) is 1.08. The molecule has 0 heterocycles. The molecule has 47 valence electrons. The Labute approximate surface area is 62.7 Å². The van der Waals surface area contributed by atoms with Crippen LogP contribution in [0.2, 0.25) is 0 Å². The van der Waals surface area contributed by atoms with Gasteiger partial charge in [-0.1, -0.05) is 30.3 Å². The van der Waals surface area contributed by atoms with Gasteiger partial charge in [0.1, 0.15) is 0 Å². The van der Waals surface area contributed by atoms with Gasteiger partial charge in [0.25, 0.3) is 0 Å². The Bertz CT molecular complexity index is 80.5. The largest absolute Gasteiger partial charge is 0.870 e. The van der Waals surface area contributed by atoms with E-state index in [4.69, 9.17) is 0 Å². The fraction of sp³-hybridized carbons (Fsp3) is 0. The maximum atomic E-state index is 2.89. The van der Waals surface area contributed by atoms with Crippen LogP contribution >= 0.6 is 0 Å². The van der Waals surface area contributed by atoms with E-state index in [1.807, 2.05) is 30.3 Å². The normalized spacial score (nSPS) is 6.00. The second-order valence-corrected chi connectivity index (χ2v) is 1.08. The minimum atomic E-state index is 0. The molecule has 1 radical (unpaired) electrons. The molecule has 1 rings (SSSR count). The first-order valence-corrected chi connectivity index (χ1v) is 1.91. The van der Waals surface area contributed by atoms with Crippen LogP contribution in [0.1, 0.15) is 0 Å². The maximum absolute atomic E-state index is 2.89. The van der Waals surface area contributed by atoms with Gasteiger partial charge in [0, 0.05) is 20.4 Å². The molecule has 0 saturated carbocycles. The molecule has 0 aliphatic heterocycles. The molecule has 0 aromatic heterocycles. The molecule has 0 spiro atoms. The quantitative estimate of drug-likeness (QED) is 0.581. The van der Waals surface area contributed by atoms with Gasteiger partial charge in [-0.15, -0.1) is 0 Å². The van der Waals surface area contributed by atoms with Crippen LogP contribution in [0.4, 0.5) is 0 Å². The maximum Gasteiger partial charge on any atom is 0 e. The molecule has 0 saturated heterocycles. The van der Waals surface area contributed by atoms with Crippen molar-refractivity contribution < 1.29 is 25.9 Å². The predicted octanol–water partition coefficient (Wildman–Crippen LogP) is 1.31. The molecule has 0 amide bonds. The van der Waals surface area contributed by atoms with Gasteiger partial charge in [-0.2, -0.15) is 0 Å². The van der Waals surface area contributed by atoms with Gasteiger partial charge < -0.3 is 5.48 Å². The summed E-state index contributed by atoms with van der Waals surface area (Å²) in [4.78, 5) is 0. The topological polar surface area (TPSA) is 30.0 Å². The van der Waals surface area contributed by atoms with Crippen molar-refractivity contribution in [2.75, 3.05) is 0 Å². The molecule has 1 aromatic rings. The van der Waals surface area contributed by atoms with Crippen molar-refractivity contribution in [1.82, 2.24) is 0 Å². The van der Waals surface area contributed by atoms with Crippen molar-refractivity contribution in [1.29, 1.82) is 0 Å². The average molecular weight is 201 g/mol. The van der Waals surface area contributed by atoms with Crippen molar-refractivity contribution in [3.63, 3.8) is 0 Å². The van der Waals surface area contributed by atoms with Crippen molar-refractivity contribution in [3.05, 3.63) is 36.4 Å². The van der Waals surface area contributed by atoms with E-state index < -0.39 is 0 Å². The van der Waals surface area contributed by atoms with Crippen LogP contribution in [0.5, 0.6) is 0 Å². The molecular weight excluding hydrogens is 194 g/mol. The van der Waals surface area contributed by atoms with Gasteiger partial charge in [0.15, 0.2) is 0 Å². The molecule has 0 aliphatic rings. The number of rotatable bonds is 0. The summed E-state index contributed by atoms with van der Waals surface area (Å²) in [5.41, 5.74) is 0. The summed E-state index contributed by atoms with van der Waals surface area (Å²) < 4.78 is 0. The smallest absolute Gasteiger partial charge is 0 e. The van der Waals surface area contributed by atoms with Crippen LogP contribution in [-0.2, 0) is 20.4 Å². The molecule has 0 bridgehead atoms. The van der Waals surface area contributed by atoms with Crippen LogP contribution in [0.15, 0.2) is 30.3 Å². The van der Waals surface area contributed by atoms with E-state index in [2.05, 4.69) is 6.07 Å². The van der Waals surface area contributed by atoms with Crippen LogP contribution in [0.3, 0.4) is 0 Å². The molecule has 1 aromatic carbocycles. The first-order valence-electron chi connectivity index (χ1n) is 1.91. The van der Waals surface area contributed by atoms with Gasteiger partial charge in [-0.25, -0.2) is 0 Å². The molecule has 0 aliphatic carbocycles. The Morgan fingerprint density at radius 3 is 1.50 bits per heavy atom. The second kappa shape index (κ2) is 6.84. The van der Waals surface area contributed by atoms with Crippen molar-refractivity contribution in [3.8, 4) is 0 Å². The van der Waals surface area contributed by atoms with Crippen molar-refractivity contribution in [2.24, 2.45) is 0 Å². The van der Waals surface area contributed by atoms with Gasteiger partial charge in [-0.05, 0) is 6.07 Å². The summed E-state index contributed by atoms with van der Waals surface area (Å²) in [7, 11) is 0. The van der Waals surface area contributed by atoms with E-state index in [1.54, 1.807) is 0 Å². The number of hydrogen-bond acceptors (Lipinski definition) is 1. The van der Waals surface area contributed by atoms with E-state index in [0.29, 0.717) is 0 Å². The average Bonchev–Trinajstić information content (AvgIpc) is 1.72. The zero-order valence-electron chi connectivity index (χ0n) is 4.15. The van der Waals surface area contributed by atoms with E-state index >= 15 is 0 Å². The van der Waals surface area contributed by atoms with E-state index in [1.165, 1.54) is 0 Å². The van der Waals surface area contributed by atoms with Crippen LogP contribution in [0.25, 0.3) is 0 Å². The molecule has 0 fully saturated rings. The van der Waals surface area contributed by atoms with E-state index in [0.717, 1.165) is 0 Å². The standard InChI is InChI=1S/C6H5.H2O.Pd/c1-2-4-6-5-3-1;;/h1-5H;1H2;/p-1. The minimum absolute atomic E-state index is 0. The first-order chi connectivity index (χ1) is 3.00. The SMILES string of the molecule is [OH-].[Pd].[c]1ccccc1. The van der Waals surface area contributed by atoms with Gasteiger partial charge in [-0.3, -0.25) is 0 Å². The van der Waals surface area contributed by atoms with Gasteiger partial charge >= 0.3 is 0 Å². The molecule has 8 heavy (non-hydrogen) atoms. The van der Waals surface area contributed by atoms with E-state index in [-0.39, 0.29) is 25.9 Å². The Balaban J connectivity index is 0. The summed E-state index contributed by atoms with van der Waals surface area (Å²) in [6, 6.07) is 12.5. The molecule has 0 atom stereocenters. The van der Waals surface area contributed by atoms with Gasteiger partial charge in [0.05, 0.1) is 0 Å².